The molecule has 2 unspecified atom stereocenters. The number of nitrogens with one attached hydrogen (secondary N) is 1. The molecule has 1 aromatic carbocycles. The number of hydrogen-bond acceptors (Lipinski definition) is 4. The quantitative estimate of drug-likeness (QED) is 0.894. The number of amides is 1. The first-order chi connectivity index (χ1) is 10.8. The van der Waals surface area contributed by atoms with Crippen LogP contribution in [0, 0.1) is 0 Å². The Kier molecular flexibility index (Phi) is 4.11. The van der Waals surface area contributed by atoms with E-state index in [4.69, 9.17) is 0 Å². The summed E-state index contributed by atoms with van der Waals surface area (Å²) in [6, 6.07) is 9.06. The number of hydrogen-bond donors (Lipinski definition) is 1. The molecule has 1 N–H and O–H groups in total. The van der Waals surface area contributed by atoms with Crippen LogP contribution < -0.4 is 5.32 Å². The predicted molar refractivity (Wildman–Crippen MR) is 89.3 cm³/mol. The normalized spacial score (nSPS) is 28.8. The van der Waals surface area contributed by atoms with E-state index in [0.29, 0.717) is 11.9 Å². The van der Waals surface area contributed by atoms with E-state index in [1.54, 1.807) is 0 Å². The fraction of sp³-hybridized carbons (Fsp3) is 0.588. The summed E-state index contributed by atoms with van der Waals surface area (Å²) < 4.78 is 0. The van der Waals surface area contributed by atoms with Gasteiger partial charge in [0.25, 0.3) is 0 Å². The van der Waals surface area contributed by atoms with Crippen LogP contribution in [-0.4, -0.2) is 66.8 Å². The summed E-state index contributed by atoms with van der Waals surface area (Å²) in [7, 11) is 0. The van der Waals surface area contributed by atoms with Gasteiger partial charge in [0, 0.05) is 49.4 Å². The van der Waals surface area contributed by atoms with Crippen LogP contribution in [0.4, 0.5) is 0 Å². The monoisotopic (exact) mass is 317 g/mol. The van der Waals surface area contributed by atoms with Gasteiger partial charge in [-0.3, -0.25) is 9.69 Å². The molecule has 5 heteroatoms. The third-order valence-electron chi connectivity index (χ3n) is 5.17. The highest BCUT2D eigenvalue weighted by Gasteiger charge is 2.34. The van der Waals surface area contributed by atoms with E-state index < -0.39 is 0 Å². The zero-order chi connectivity index (χ0) is 14.9. The Morgan fingerprint density at radius 3 is 2.77 bits per heavy atom. The molecule has 3 heterocycles. The smallest absolute Gasteiger partial charge is 0.231 e. The second-order valence-corrected chi connectivity index (χ2v) is 7.47. The number of thioether (sulfide) groups is 1. The van der Waals surface area contributed by atoms with Gasteiger partial charge in [-0.05, 0) is 24.6 Å². The summed E-state index contributed by atoms with van der Waals surface area (Å²) in [4.78, 5) is 18.8. The first-order valence-corrected chi connectivity index (χ1v) is 9.27. The first kappa shape index (κ1) is 14.5. The van der Waals surface area contributed by atoms with Crippen LogP contribution in [0.5, 0.6) is 0 Å². The number of fused-ring (bicyclic) bond motifs is 1. The second-order valence-electron chi connectivity index (χ2n) is 6.41. The zero-order valence-electron chi connectivity index (χ0n) is 12.8. The molecule has 118 valence electrons. The van der Waals surface area contributed by atoms with E-state index in [0.717, 1.165) is 45.0 Å². The van der Waals surface area contributed by atoms with Gasteiger partial charge in [-0.1, -0.05) is 18.2 Å². The lowest BCUT2D eigenvalue weighted by molar-refractivity contribution is -0.134. The highest BCUT2D eigenvalue weighted by atomic mass is 32.2. The maximum Gasteiger partial charge on any atom is 0.231 e. The largest absolute Gasteiger partial charge is 0.340 e. The van der Waals surface area contributed by atoms with E-state index in [1.165, 1.54) is 16.9 Å². The van der Waals surface area contributed by atoms with Gasteiger partial charge >= 0.3 is 0 Å². The SMILES string of the molecule is O=C(C1CSc2ccccc21)N1CCN(C2CCNC2)CC1. The number of nitrogens with zero attached hydrogens (tertiary/aromatic N) is 2. The highest BCUT2D eigenvalue weighted by molar-refractivity contribution is 7.99. The van der Waals surface area contributed by atoms with Crippen molar-refractivity contribution in [3.05, 3.63) is 29.8 Å². The van der Waals surface area contributed by atoms with Crippen molar-refractivity contribution in [2.75, 3.05) is 45.0 Å². The van der Waals surface area contributed by atoms with Gasteiger partial charge in [-0.15, -0.1) is 11.8 Å². The van der Waals surface area contributed by atoms with Gasteiger partial charge in [0.05, 0.1) is 5.92 Å². The van der Waals surface area contributed by atoms with Crippen molar-refractivity contribution in [1.29, 1.82) is 0 Å². The summed E-state index contributed by atoms with van der Waals surface area (Å²) >= 11 is 1.82. The minimum absolute atomic E-state index is 0.0703. The number of piperazine rings is 1. The minimum Gasteiger partial charge on any atom is -0.340 e. The van der Waals surface area contributed by atoms with Gasteiger partial charge in [-0.25, -0.2) is 0 Å². The highest BCUT2D eigenvalue weighted by Crippen LogP contribution is 2.40. The van der Waals surface area contributed by atoms with Crippen molar-refractivity contribution in [3.63, 3.8) is 0 Å². The lowest BCUT2D eigenvalue weighted by atomic mass is 9.99. The van der Waals surface area contributed by atoms with Gasteiger partial charge in [0.15, 0.2) is 0 Å². The molecule has 4 rings (SSSR count). The Balaban J connectivity index is 1.38. The van der Waals surface area contributed by atoms with Crippen molar-refractivity contribution < 1.29 is 4.79 Å². The fourth-order valence-electron chi connectivity index (χ4n) is 3.85. The van der Waals surface area contributed by atoms with E-state index in [1.807, 2.05) is 11.8 Å². The van der Waals surface area contributed by atoms with Gasteiger partial charge in [-0.2, -0.15) is 0 Å². The lowest BCUT2D eigenvalue weighted by Crippen LogP contribution is -2.53. The average molecular weight is 317 g/mol. The molecule has 2 saturated heterocycles. The molecule has 1 amide bonds. The Morgan fingerprint density at radius 2 is 2.00 bits per heavy atom. The number of rotatable bonds is 2. The van der Waals surface area contributed by atoms with Crippen LogP contribution in [0.3, 0.4) is 0 Å². The Bertz CT molecular complexity index is 551. The maximum atomic E-state index is 12.9. The molecular weight excluding hydrogens is 294 g/mol. The Morgan fingerprint density at radius 1 is 1.18 bits per heavy atom. The Hall–Kier alpha value is -1.04. The molecular formula is C17H23N3OS. The average Bonchev–Trinajstić information content (AvgIpc) is 3.24. The summed E-state index contributed by atoms with van der Waals surface area (Å²) in [5, 5.41) is 3.43. The first-order valence-electron chi connectivity index (χ1n) is 8.28. The topological polar surface area (TPSA) is 35.6 Å². The fourth-order valence-corrected chi connectivity index (χ4v) is 5.07. The van der Waals surface area contributed by atoms with Crippen LogP contribution in [0.2, 0.25) is 0 Å². The third-order valence-corrected chi connectivity index (χ3v) is 6.36. The van der Waals surface area contributed by atoms with Crippen molar-refractivity contribution >= 4 is 17.7 Å². The van der Waals surface area contributed by atoms with Crippen LogP contribution in [-0.2, 0) is 4.79 Å². The summed E-state index contributed by atoms with van der Waals surface area (Å²) in [5.74, 6) is 1.31. The molecule has 2 fully saturated rings. The van der Waals surface area contributed by atoms with Crippen molar-refractivity contribution in [1.82, 2.24) is 15.1 Å². The second kappa shape index (κ2) is 6.22. The van der Waals surface area contributed by atoms with Crippen LogP contribution in [0.1, 0.15) is 17.9 Å². The van der Waals surface area contributed by atoms with Crippen LogP contribution in [0.15, 0.2) is 29.2 Å². The molecule has 0 aliphatic carbocycles. The van der Waals surface area contributed by atoms with E-state index in [2.05, 4.69) is 39.4 Å². The standard InChI is InChI=1S/C17H23N3OS/c21-17(15-12-22-16-4-2-1-3-14(15)16)20-9-7-19(8-10-20)13-5-6-18-11-13/h1-4,13,15,18H,5-12H2. The van der Waals surface area contributed by atoms with Gasteiger partial charge < -0.3 is 10.2 Å². The van der Waals surface area contributed by atoms with Crippen molar-refractivity contribution in [2.45, 2.75) is 23.3 Å². The number of benzene rings is 1. The van der Waals surface area contributed by atoms with Crippen LogP contribution >= 0.6 is 11.8 Å². The van der Waals surface area contributed by atoms with Crippen molar-refractivity contribution in [2.24, 2.45) is 0 Å². The molecule has 0 bridgehead atoms. The van der Waals surface area contributed by atoms with Crippen molar-refractivity contribution in [3.8, 4) is 0 Å². The molecule has 0 spiro atoms. The summed E-state index contributed by atoms with van der Waals surface area (Å²) in [6.45, 7) is 6.08. The molecule has 3 aliphatic heterocycles. The molecule has 4 nitrogen and oxygen atoms in total. The molecule has 2 atom stereocenters. The lowest BCUT2D eigenvalue weighted by Gasteiger charge is -2.38. The summed E-state index contributed by atoms with van der Waals surface area (Å²) in [5.41, 5.74) is 1.24. The molecule has 0 aromatic heterocycles. The molecule has 3 aliphatic rings. The zero-order valence-corrected chi connectivity index (χ0v) is 13.6. The van der Waals surface area contributed by atoms with Gasteiger partial charge in [0.1, 0.15) is 0 Å². The molecule has 1 aromatic rings. The third kappa shape index (κ3) is 2.66. The number of carbonyl (C=O) groups excluding carboxylic acids is 1. The van der Waals surface area contributed by atoms with Gasteiger partial charge in [0.2, 0.25) is 5.91 Å². The van der Waals surface area contributed by atoms with E-state index in [-0.39, 0.29) is 5.92 Å². The predicted octanol–water partition coefficient (Wildman–Crippen LogP) is 1.38. The maximum absolute atomic E-state index is 12.9. The summed E-state index contributed by atoms with van der Waals surface area (Å²) in [6.07, 6.45) is 1.25. The van der Waals surface area contributed by atoms with E-state index >= 15 is 0 Å². The molecule has 22 heavy (non-hydrogen) atoms. The van der Waals surface area contributed by atoms with E-state index in [9.17, 15) is 4.79 Å². The number of carbonyl (C=O) groups is 1. The molecule has 0 saturated carbocycles. The minimum atomic E-state index is 0.0703. The Labute approximate surface area is 136 Å². The molecule has 0 radical (unpaired) electrons. The van der Waals surface area contributed by atoms with Crippen LogP contribution in [0.25, 0.3) is 0 Å².